The van der Waals surface area contributed by atoms with Gasteiger partial charge in [-0.25, -0.2) is 4.98 Å². The highest BCUT2D eigenvalue weighted by Crippen LogP contribution is 2.20. The second kappa shape index (κ2) is 5.52. The predicted molar refractivity (Wildman–Crippen MR) is 78.1 cm³/mol. The Labute approximate surface area is 118 Å². The van der Waals surface area contributed by atoms with E-state index in [1.807, 2.05) is 14.0 Å². The van der Waals surface area contributed by atoms with Gasteiger partial charge in [0.15, 0.2) is 5.65 Å². The van der Waals surface area contributed by atoms with Crippen LogP contribution in [0.15, 0.2) is 0 Å². The van der Waals surface area contributed by atoms with E-state index in [2.05, 4.69) is 29.2 Å². The summed E-state index contributed by atoms with van der Waals surface area (Å²) in [5.74, 6) is 0.703. The summed E-state index contributed by atoms with van der Waals surface area (Å²) >= 11 is 0. The molecule has 2 aromatic rings. The van der Waals surface area contributed by atoms with Crippen LogP contribution in [-0.4, -0.2) is 31.8 Å². The zero-order valence-corrected chi connectivity index (χ0v) is 12.5. The van der Waals surface area contributed by atoms with Gasteiger partial charge < -0.3 is 11.1 Å². The van der Waals surface area contributed by atoms with Crippen LogP contribution in [0.25, 0.3) is 11.2 Å². The molecule has 0 atom stereocenters. The van der Waals surface area contributed by atoms with Crippen LogP contribution < -0.4 is 11.1 Å². The van der Waals surface area contributed by atoms with Crippen LogP contribution in [0.4, 0.5) is 5.95 Å². The number of fused-ring (bicyclic) bond motifs is 1. The first-order valence-corrected chi connectivity index (χ1v) is 6.88. The largest absolute Gasteiger partial charge is 0.369 e. The number of aromatic nitrogens is 4. The number of hydrogen-bond acceptors (Lipinski definition) is 4. The molecule has 0 aromatic carbocycles. The minimum atomic E-state index is -0.0658. The highest BCUT2D eigenvalue weighted by Gasteiger charge is 2.18. The van der Waals surface area contributed by atoms with Gasteiger partial charge in [-0.2, -0.15) is 5.10 Å². The first kappa shape index (κ1) is 14.4. The first-order valence-electron chi connectivity index (χ1n) is 6.88. The van der Waals surface area contributed by atoms with Crippen molar-refractivity contribution >= 4 is 23.0 Å². The molecule has 2 heterocycles. The average molecular weight is 278 g/mol. The van der Waals surface area contributed by atoms with Gasteiger partial charge in [-0.15, -0.1) is 0 Å². The Balaban J connectivity index is 2.28. The quantitative estimate of drug-likeness (QED) is 0.841. The fourth-order valence-electron chi connectivity index (χ4n) is 2.17. The van der Waals surface area contributed by atoms with Gasteiger partial charge in [0.1, 0.15) is 12.1 Å². The molecule has 110 valence electrons. The summed E-state index contributed by atoms with van der Waals surface area (Å²) in [6.45, 7) is 6.95. The molecule has 0 aliphatic heterocycles. The molecule has 0 aliphatic rings. The molecule has 0 unspecified atom stereocenters. The van der Waals surface area contributed by atoms with E-state index in [0.717, 1.165) is 23.3 Å². The third kappa shape index (κ3) is 2.61. The number of nitrogens with two attached hydrogens (primary N) is 1. The Hall–Kier alpha value is -2.05. The second-order valence-corrected chi connectivity index (χ2v) is 5.35. The van der Waals surface area contributed by atoms with Gasteiger partial charge in [0.2, 0.25) is 11.9 Å². The maximum atomic E-state index is 12.0. The molecule has 0 spiro atoms. The third-order valence-corrected chi connectivity index (χ3v) is 3.17. The summed E-state index contributed by atoms with van der Waals surface area (Å²) in [5.41, 5.74) is 8.40. The summed E-state index contributed by atoms with van der Waals surface area (Å²) in [4.78, 5) is 16.3. The molecule has 7 heteroatoms. The molecule has 0 radical (unpaired) electrons. The lowest BCUT2D eigenvalue weighted by molar-refractivity contribution is -0.121. The molecule has 0 fully saturated rings. The zero-order chi connectivity index (χ0) is 14.9. The highest BCUT2D eigenvalue weighted by molar-refractivity contribution is 5.82. The summed E-state index contributed by atoms with van der Waals surface area (Å²) < 4.78 is 3.43. The number of nitrogens with one attached hydrogen (secondary N) is 1. The van der Waals surface area contributed by atoms with Crippen molar-refractivity contribution in [3.63, 3.8) is 0 Å². The molecule has 2 rings (SSSR count). The van der Waals surface area contributed by atoms with Crippen molar-refractivity contribution < 1.29 is 4.79 Å². The maximum Gasteiger partial charge on any atom is 0.240 e. The number of aryl methyl sites for hydroxylation is 2. The van der Waals surface area contributed by atoms with Crippen molar-refractivity contribution in [2.45, 2.75) is 33.7 Å². The smallest absolute Gasteiger partial charge is 0.240 e. The molecule has 7 nitrogen and oxygen atoms in total. The topological polar surface area (TPSA) is 90.8 Å². The lowest BCUT2D eigenvalue weighted by Gasteiger charge is -2.09. The predicted octanol–water partition coefficient (Wildman–Crippen LogP) is 0.687. The first-order chi connectivity index (χ1) is 9.43. The fraction of sp³-hybridized carbons (Fsp3) is 0.615. The SMILES string of the molecule is CCc1nn(C)c2c1nc(N)n2CC(=O)NCC(C)C. The van der Waals surface area contributed by atoms with E-state index in [-0.39, 0.29) is 12.5 Å². The molecule has 3 N–H and O–H groups in total. The second-order valence-electron chi connectivity index (χ2n) is 5.35. The van der Waals surface area contributed by atoms with Gasteiger partial charge in [-0.1, -0.05) is 20.8 Å². The number of nitrogens with zero attached hydrogens (tertiary/aromatic N) is 4. The lowest BCUT2D eigenvalue weighted by atomic mass is 10.2. The van der Waals surface area contributed by atoms with Crippen molar-refractivity contribution in [3.8, 4) is 0 Å². The summed E-state index contributed by atoms with van der Waals surface area (Å²) in [6, 6.07) is 0. The van der Waals surface area contributed by atoms with Gasteiger partial charge in [0, 0.05) is 13.6 Å². The van der Waals surface area contributed by atoms with Crippen LogP contribution in [0.3, 0.4) is 0 Å². The fourth-order valence-corrected chi connectivity index (χ4v) is 2.17. The van der Waals surface area contributed by atoms with E-state index in [9.17, 15) is 4.79 Å². The molecule has 0 bridgehead atoms. The van der Waals surface area contributed by atoms with Gasteiger partial charge in [0.05, 0.1) is 5.69 Å². The van der Waals surface area contributed by atoms with Crippen molar-refractivity contribution in [2.75, 3.05) is 12.3 Å². The highest BCUT2D eigenvalue weighted by atomic mass is 16.1. The van der Waals surface area contributed by atoms with Crippen LogP contribution in [0.2, 0.25) is 0 Å². The van der Waals surface area contributed by atoms with Crippen LogP contribution in [-0.2, 0) is 24.8 Å². The number of anilines is 1. The standard InChI is InChI=1S/C13H22N6O/c1-5-9-11-12(18(4)17-9)19(13(14)16-11)7-10(20)15-6-8(2)3/h8H,5-7H2,1-4H3,(H2,14,16)(H,15,20). The Morgan fingerprint density at radius 3 is 2.75 bits per heavy atom. The van der Waals surface area contributed by atoms with Gasteiger partial charge >= 0.3 is 0 Å². The van der Waals surface area contributed by atoms with Crippen LogP contribution in [0, 0.1) is 5.92 Å². The van der Waals surface area contributed by atoms with E-state index >= 15 is 0 Å². The van der Waals surface area contributed by atoms with Crippen LogP contribution in [0.1, 0.15) is 26.5 Å². The minimum absolute atomic E-state index is 0.0658. The monoisotopic (exact) mass is 278 g/mol. The summed E-state index contributed by atoms with van der Waals surface area (Å²) in [6.07, 6.45) is 0.785. The zero-order valence-electron chi connectivity index (χ0n) is 12.5. The maximum absolute atomic E-state index is 12.0. The average Bonchev–Trinajstić information content (AvgIpc) is 2.86. The van der Waals surface area contributed by atoms with E-state index in [0.29, 0.717) is 18.4 Å². The number of carbonyl (C=O) groups excluding carboxylic acids is 1. The Bertz CT molecular complexity index is 624. The van der Waals surface area contributed by atoms with Gasteiger partial charge in [0.25, 0.3) is 0 Å². The molecule has 2 aromatic heterocycles. The number of hydrogen-bond donors (Lipinski definition) is 2. The molecule has 0 saturated heterocycles. The number of rotatable bonds is 5. The van der Waals surface area contributed by atoms with Crippen molar-refractivity contribution in [1.82, 2.24) is 24.6 Å². The summed E-state index contributed by atoms with van der Waals surface area (Å²) in [7, 11) is 1.84. The van der Waals surface area contributed by atoms with E-state index in [1.54, 1.807) is 9.25 Å². The van der Waals surface area contributed by atoms with E-state index < -0.39 is 0 Å². The van der Waals surface area contributed by atoms with Crippen molar-refractivity contribution in [3.05, 3.63) is 5.69 Å². The Morgan fingerprint density at radius 1 is 1.45 bits per heavy atom. The lowest BCUT2D eigenvalue weighted by Crippen LogP contribution is -2.31. The number of nitrogen functional groups attached to an aromatic ring is 1. The number of carbonyl (C=O) groups is 1. The van der Waals surface area contributed by atoms with E-state index in [4.69, 9.17) is 5.73 Å². The number of imidazole rings is 1. The third-order valence-electron chi connectivity index (χ3n) is 3.17. The van der Waals surface area contributed by atoms with Gasteiger partial charge in [-0.3, -0.25) is 14.0 Å². The van der Waals surface area contributed by atoms with Crippen LogP contribution in [0.5, 0.6) is 0 Å². The van der Waals surface area contributed by atoms with Crippen molar-refractivity contribution in [2.24, 2.45) is 13.0 Å². The molecule has 20 heavy (non-hydrogen) atoms. The Kier molecular flexibility index (Phi) is 3.96. The molecule has 0 aliphatic carbocycles. The van der Waals surface area contributed by atoms with Crippen LogP contribution >= 0.6 is 0 Å². The number of amides is 1. The normalized spacial score (nSPS) is 11.4. The Morgan fingerprint density at radius 2 is 2.15 bits per heavy atom. The molecular weight excluding hydrogens is 256 g/mol. The molecular formula is C13H22N6O. The van der Waals surface area contributed by atoms with Crippen molar-refractivity contribution in [1.29, 1.82) is 0 Å². The summed E-state index contributed by atoms with van der Waals surface area (Å²) in [5, 5.41) is 7.28. The molecule has 0 saturated carbocycles. The molecule has 1 amide bonds. The van der Waals surface area contributed by atoms with Gasteiger partial charge in [-0.05, 0) is 12.3 Å². The minimum Gasteiger partial charge on any atom is -0.369 e. The van der Waals surface area contributed by atoms with E-state index in [1.165, 1.54) is 0 Å².